The summed E-state index contributed by atoms with van der Waals surface area (Å²) in [5, 5.41) is 28.6. The lowest BCUT2D eigenvalue weighted by atomic mass is 10.1. The summed E-state index contributed by atoms with van der Waals surface area (Å²) >= 11 is 0. The van der Waals surface area contributed by atoms with E-state index in [2.05, 4.69) is 16.0 Å². The third-order valence-corrected chi connectivity index (χ3v) is 5.29. The molecule has 3 aromatic carbocycles. The van der Waals surface area contributed by atoms with Crippen LogP contribution < -0.4 is 20.9 Å². The molecular formula is C26H26N4O3. The van der Waals surface area contributed by atoms with Crippen LogP contribution in [0.2, 0.25) is 0 Å². The molecule has 0 aliphatic carbocycles. The number of rotatable bonds is 6. The van der Waals surface area contributed by atoms with Crippen LogP contribution in [0.25, 0.3) is 11.4 Å². The number of carbonyl (C=O) groups is 1. The molecule has 0 radical (unpaired) electrons. The second-order valence-corrected chi connectivity index (χ2v) is 7.96. The van der Waals surface area contributed by atoms with E-state index in [0.717, 1.165) is 33.8 Å². The SMILES string of the molecule is CN(C)c1ccc(C2=C(NC(=O)Cc3ccc(O)cc3)NC=C(c3ccc(O)cc3)N2)cc1. The van der Waals surface area contributed by atoms with Gasteiger partial charge in [-0.2, -0.15) is 0 Å². The average Bonchev–Trinajstić information content (AvgIpc) is 2.81. The van der Waals surface area contributed by atoms with Crippen molar-refractivity contribution in [2.75, 3.05) is 19.0 Å². The maximum Gasteiger partial charge on any atom is 0.229 e. The summed E-state index contributed by atoms with van der Waals surface area (Å²) in [6.07, 6.45) is 1.95. The standard InChI is InChI=1S/C26H26N4O3/c1-30(2)20-9-5-19(6-10-20)25-26(29-24(33)15-17-3-11-21(31)12-4-17)27-16-23(28-25)18-7-13-22(32)14-8-18/h3-14,16,27-28,31-32H,15H2,1-2H3,(H,29,33). The minimum Gasteiger partial charge on any atom is -0.508 e. The van der Waals surface area contributed by atoms with Crippen molar-refractivity contribution in [1.82, 2.24) is 16.0 Å². The van der Waals surface area contributed by atoms with Gasteiger partial charge in [0.1, 0.15) is 17.3 Å². The Morgan fingerprint density at radius 2 is 1.42 bits per heavy atom. The van der Waals surface area contributed by atoms with E-state index in [1.807, 2.05) is 55.4 Å². The van der Waals surface area contributed by atoms with Gasteiger partial charge < -0.3 is 31.1 Å². The maximum absolute atomic E-state index is 12.7. The second kappa shape index (κ2) is 9.40. The van der Waals surface area contributed by atoms with Gasteiger partial charge in [-0.1, -0.05) is 24.3 Å². The van der Waals surface area contributed by atoms with Gasteiger partial charge in [0.2, 0.25) is 5.91 Å². The Kier molecular flexibility index (Phi) is 6.22. The lowest BCUT2D eigenvalue weighted by Crippen LogP contribution is -2.36. The molecule has 1 aliphatic heterocycles. The Hall–Kier alpha value is -4.39. The van der Waals surface area contributed by atoms with Crippen molar-refractivity contribution in [3.05, 3.63) is 102 Å². The minimum atomic E-state index is -0.186. The van der Waals surface area contributed by atoms with E-state index in [1.54, 1.807) is 42.6 Å². The summed E-state index contributed by atoms with van der Waals surface area (Å²) in [6, 6.07) is 21.5. The van der Waals surface area contributed by atoms with Gasteiger partial charge >= 0.3 is 0 Å². The Labute approximate surface area is 192 Å². The van der Waals surface area contributed by atoms with E-state index in [-0.39, 0.29) is 23.8 Å². The molecule has 0 atom stereocenters. The largest absolute Gasteiger partial charge is 0.508 e. The van der Waals surface area contributed by atoms with Crippen LogP contribution in [0.15, 0.2) is 84.8 Å². The van der Waals surface area contributed by atoms with Crippen molar-refractivity contribution in [2.45, 2.75) is 6.42 Å². The van der Waals surface area contributed by atoms with E-state index in [0.29, 0.717) is 5.82 Å². The summed E-state index contributed by atoms with van der Waals surface area (Å²) in [5.41, 5.74) is 5.18. The Bertz CT molecular complexity index is 1200. The van der Waals surface area contributed by atoms with Crippen molar-refractivity contribution in [3.8, 4) is 11.5 Å². The summed E-state index contributed by atoms with van der Waals surface area (Å²) in [5.74, 6) is 0.712. The number of nitrogens with one attached hydrogen (secondary N) is 3. The van der Waals surface area contributed by atoms with Crippen LogP contribution in [0, 0.1) is 0 Å². The first-order valence-corrected chi connectivity index (χ1v) is 10.5. The smallest absolute Gasteiger partial charge is 0.229 e. The molecule has 1 heterocycles. The fourth-order valence-corrected chi connectivity index (χ4v) is 3.47. The number of aromatic hydroxyl groups is 2. The summed E-state index contributed by atoms with van der Waals surface area (Å²) in [7, 11) is 3.96. The van der Waals surface area contributed by atoms with Crippen LogP contribution in [0.1, 0.15) is 16.7 Å². The zero-order chi connectivity index (χ0) is 23.4. The Morgan fingerprint density at radius 3 is 2.03 bits per heavy atom. The number of carbonyl (C=O) groups excluding carboxylic acids is 1. The molecule has 3 aromatic rings. The van der Waals surface area contributed by atoms with Crippen LogP contribution in [0.5, 0.6) is 11.5 Å². The first-order chi connectivity index (χ1) is 15.9. The summed E-state index contributed by atoms with van der Waals surface area (Å²) in [6.45, 7) is 0. The van der Waals surface area contributed by atoms with Crippen molar-refractivity contribution in [2.24, 2.45) is 0 Å². The predicted molar refractivity (Wildman–Crippen MR) is 130 cm³/mol. The highest BCUT2D eigenvalue weighted by Crippen LogP contribution is 2.25. The molecule has 33 heavy (non-hydrogen) atoms. The van der Waals surface area contributed by atoms with Crippen molar-refractivity contribution in [3.63, 3.8) is 0 Å². The Balaban J connectivity index is 1.61. The highest BCUT2D eigenvalue weighted by Gasteiger charge is 2.19. The monoisotopic (exact) mass is 442 g/mol. The molecule has 0 unspecified atom stereocenters. The van der Waals surface area contributed by atoms with Gasteiger partial charge in [-0.3, -0.25) is 4.79 Å². The van der Waals surface area contributed by atoms with Crippen LogP contribution >= 0.6 is 0 Å². The first kappa shape index (κ1) is 21.8. The number of amides is 1. The molecule has 0 aromatic heterocycles. The van der Waals surface area contributed by atoms with E-state index in [1.165, 1.54) is 0 Å². The molecular weight excluding hydrogens is 416 g/mol. The number of nitrogens with zero attached hydrogens (tertiary/aromatic N) is 1. The van der Waals surface area contributed by atoms with Crippen molar-refractivity contribution < 1.29 is 15.0 Å². The highest BCUT2D eigenvalue weighted by atomic mass is 16.3. The number of phenols is 2. The van der Waals surface area contributed by atoms with Gasteiger partial charge in [0.05, 0.1) is 17.8 Å². The quantitative estimate of drug-likeness (QED) is 0.402. The molecule has 0 saturated heterocycles. The van der Waals surface area contributed by atoms with Gasteiger partial charge in [-0.25, -0.2) is 0 Å². The first-order valence-electron chi connectivity index (χ1n) is 10.5. The molecule has 0 fully saturated rings. The molecule has 1 aliphatic rings. The fraction of sp³-hybridized carbons (Fsp3) is 0.115. The molecule has 168 valence electrons. The van der Waals surface area contributed by atoms with Crippen LogP contribution in [-0.4, -0.2) is 30.2 Å². The van der Waals surface area contributed by atoms with Crippen molar-refractivity contribution in [1.29, 1.82) is 0 Å². The topological polar surface area (TPSA) is 96.9 Å². The molecule has 7 heteroatoms. The van der Waals surface area contributed by atoms with E-state index in [4.69, 9.17) is 0 Å². The highest BCUT2D eigenvalue weighted by molar-refractivity contribution is 5.86. The lowest BCUT2D eigenvalue weighted by Gasteiger charge is -2.25. The predicted octanol–water partition coefficient (Wildman–Crippen LogP) is 3.34. The van der Waals surface area contributed by atoms with Gasteiger partial charge in [-0.15, -0.1) is 0 Å². The zero-order valence-corrected chi connectivity index (χ0v) is 18.5. The summed E-state index contributed by atoms with van der Waals surface area (Å²) in [4.78, 5) is 14.8. The fourth-order valence-electron chi connectivity index (χ4n) is 3.47. The average molecular weight is 443 g/mol. The van der Waals surface area contributed by atoms with Crippen LogP contribution in [0.3, 0.4) is 0 Å². The summed E-state index contributed by atoms with van der Waals surface area (Å²) < 4.78 is 0. The molecule has 0 saturated carbocycles. The number of hydrogen-bond donors (Lipinski definition) is 5. The zero-order valence-electron chi connectivity index (χ0n) is 18.5. The van der Waals surface area contributed by atoms with Crippen LogP contribution in [-0.2, 0) is 11.2 Å². The maximum atomic E-state index is 12.7. The number of phenolic OH excluding ortho intramolecular Hbond substituents is 2. The van der Waals surface area contributed by atoms with Gasteiger partial charge in [0, 0.05) is 31.5 Å². The second-order valence-electron chi connectivity index (χ2n) is 7.96. The van der Waals surface area contributed by atoms with Gasteiger partial charge in [0.25, 0.3) is 0 Å². The minimum absolute atomic E-state index is 0.162. The molecule has 7 nitrogen and oxygen atoms in total. The van der Waals surface area contributed by atoms with E-state index in [9.17, 15) is 15.0 Å². The van der Waals surface area contributed by atoms with Gasteiger partial charge in [0.15, 0.2) is 0 Å². The number of benzene rings is 3. The third-order valence-electron chi connectivity index (χ3n) is 5.29. The van der Waals surface area contributed by atoms with Crippen LogP contribution in [0.4, 0.5) is 5.69 Å². The van der Waals surface area contributed by atoms with E-state index >= 15 is 0 Å². The number of hydrogen-bond acceptors (Lipinski definition) is 6. The molecule has 5 N–H and O–H groups in total. The Morgan fingerprint density at radius 1 is 0.848 bits per heavy atom. The lowest BCUT2D eigenvalue weighted by molar-refractivity contribution is -0.119. The van der Waals surface area contributed by atoms with Crippen molar-refractivity contribution >= 4 is 23.0 Å². The number of anilines is 1. The molecule has 1 amide bonds. The molecule has 4 rings (SSSR count). The van der Waals surface area contributed by atoms with E-state index < -0.39 is 0 Å². The molecule has 0 bridgehead atoms. The normalized spacial score (nSPS) is 13.0. The van der Waals surface area contributed by atoms with Gasteiger partial charge in [-0.05, 0) is 59.7 Å². The molecule has 0 spiro atoms. The third kappa shape index (κ3) is 5.27.